The van der Waals surface area contributed by atoms with Gasteiger partial charge in [-0.3, -0.25) is 0 Å². The topological polar surface area (TPSA) is 35.2 Å². The van der Waals surface area contributed by atoms with Gasteiger partial charge in [0, 0.05) is 16.3 Å². The molecule has 3 heteroatoms. The Hall–Kier alpha value is -0.540. The molecule has 0 amide bonds. The van der Waals surface area contributed by atoms with E-state index in [0.717, 1.165) is 18.1 Å². The minimum atomic E-state index is 0.224. The fraction of sp³-hybridized carbons (Fsp3) is 0.600. The number of hydrogen-bond donors (Lipinski definition) is 1. The molecule has 0 radical (unpaired) electrons. The third-order valence-electron chi connectivity index (χ3n) is 2.48. The van der Waals surface area contributed by atoms with Crippen molar-refractivity contribution < 1.29 is 4.74 Å². The Morgan fingerprint density at radius 1 is 1.69 bits per heavy atom. The van der Waals surface area contributed by atoms with Crippen LogP contribution < -0.4 is 10.5 Å². The van der Waals surface area contributed by atoms with Crippen LogP contribution in [0.2, 0.25) is 0 Å². The molecular formula is C10H15NOS. The van der Waals surface area contributed by atoms with Crippen LogP contribution in [0.5, 0.6) is 5.75 Å². The summed E-state index contributed by atoms with van der Waals surface area (Å²) in [6, 6.07) is 2.28. The molecule has 1 aromatic rings. The van der Waals surface area contributed by atoms with Gasteiger partial charge in [0.2, 0.25) is 0 Å². The first-order valence-electron chi connectivity index (χ1n) is 4.67. The average Bonchev–Trinajstić information content (AvgIpc) is 2.82. The lowest BCUT2D eigenvalue weighted by atomic mass is 10.1. The molecule has 1 unspecified atom stereocenters. The zero-order valence-corrected chi connectivity index (χ0v) is 8.64. The first kappa shape index (κ1) is 9.03. The number of hydrogen-bond acceptors (Lipinski definition) is 3. The largest absolute Gasteiger partial charge is 0.496 e. The van der Waals surface area contributed by atoms with E-state index in [-0.39, 0.29) is 6.04 Å². The Kier molecular flexibility index (Phi) is 2.56. The van der Waals surface area contributed by atoms with Crippen molar-refractivity contribution in [2.45, 2.75) is 25.3 Å². The zero-order chi connectivity index (χ0) is 9.26. The van der Waals surface area contributed by atoms with Crippen LogP contribution in [0.25, 0.3) is 0 Å². The average molecular weight is 197 g/mol. The molecule has 2 N–H and O–H groups in total. The fourth-order valence-corrected chi connectivity index (χ4v) is 2.34. The van der Waals surface area contributed by atoms with Gasteiger partial charge in [0.05, 0.1) is 7.11 Å². The van der Waals surface area contributed by atoms with Gasteiger partial charge >= 0.3 is 0 Å². The molecule has 1 aromatic heterocycles. The van der Waals surface area contributed by atoms with Crippen molar-refractivity contribution in [1.29, 1.82) is 0 Å². The predicted molar refractivity (Wildman–Crippen MR) is 55.1 cm³/mol. The highest BCUT2D eigenvalue weighted by Gasteiger charge is 2.25. The van der Waals surface area contributed by atoms with Crippen molar-refractivity contribution in [2.75, 3.05) is 7.11 Å². The second kappa shape index (κ2) is 3.68. The maximum atomic E-state index is 6.06. The van der Waals surface area contributed by atoms with Crippen LogP contribution in [-0.4, -0.2) is 7.11 Å². The van der Waals surface area contributed by atoms with Crippen LogP contribution in [0.3, 0.4) is 0 Å². The molecule has 1 heterocycles. The fourth-order valence-electron chi connectivity index (χ4n) is 1.46. The third-order valence-corrected chi connectivity index (χ3v) is 3.52. The first-order chi connectivity index (χ1) is 6.29. The van der Waals surface area contributed by atoms with E-state index in [0.29, 0.717) is 0 Å². The Labute approximate surface area is 82.7 Å². The minimum absolute atomic E-state index is 0.224. The van der Waals surface area contributed by atoms with Crippen LogP contribution >= 0.6 is 11.3 Å². The van der Waals surface area contributed by atoms with E-state index in [1.807, 2.05) is 5.38 Å². The monoisotopic (exact) mass is 197 g/mol. The van der Waals surface area contributed by atoms with Crippen molar-refractivity contribution in [3.8, 4) is 5.75 Å². The molecule has 0 aliphatic heterocycles. The Bertz CT molecular complexity index is 280. The number of thiophene rings is 1. The van der Waals surface area contributed by atoms with Gasteiger partial charge in [-0.25, -0.2) is 0 Å². The van der Waals surface area contributed by atoms with Gasteiger partial charge in [-0.15, -0.1) is 11.3 Å². The van der Waals surface area contributed by atoms with Crippen molar-refractivity contribution in [3.63, 3.8) is 0 Å². The summed E-state index contributed by atoms with van der Waals surface area (Å²) < 4.78 is 5.12. The molecule has 1 aliphatic carbocycles. The quantitative estimate of drug-likeness (QED) is 0.805. The summed E-state index contributed by atoms with van der Waals surface area (Å²) in [5, 5.41) is 2.02. The number of ether oxygens (including phenoxy) is 1. The molecule has 0 spiro atoms. The molecule has 1 fully saturated rings. The van der Waals surface area contributed by atoms with E-state index in [4.69, 9.17) is 10.5 Å². The molecular weight excluding hydrogens is 182 g/mol. The lowest BCUT2D eigenvalue weighted by molar-refractivity contribution is 0.416. The normalized spacial score (nSPS) is 18.6. The molecule has 0 bridgehead atoms. The predicted octanol–water partition coefficient (Wildman–Crippen LogP) is 2.56. The van der Waals surface area contributed by atoms with Crippen LogP contribution in [0, 0.1) is 5.92 Å². The molecule has 13 heavy (non-hydrogen) atoms. The second-order valence-electron chi connectivity index (χ2n) is 3.67. The standard InChI is InChI=1S/C10H15NOS/c1-12-8-5-10(13-6-8)9(11)4-7-2-3-7/h5-7,9H,2-4,11H2,1H3. The van der Waals surface area contributed by atoms with Crippen LogP contribution in [0.1, 0.15) is 30.2 Å². The molecule has 1 aliphatic rings. The minimum Gasteiger partial charge on any atom is -0.496 e. The SMILES string of the molecule is COc1csc(C(N)CC2CC2)c1. The molecule has 2 nitrogen and oxygen atoms in total. The highest BCUT2D eigenvalue weighted by atomic mass is 32.1. The third kappa shape index (κ3) is 2.23. The van der Waals surface area contributed by atoms with Crippen molar-refractivity contribution in [1.82, 2.24) is 0 Å². The van der Waals surface area contributed by atoms with Crippen LogP contribution in [-0.2, 0) is 0 Å². The number of rotatable bonds is 4. The maximum Gasteiger partial charge on any atom is 0.129 e. The van der Waals surface area contributed by atoms with E-state index in [9.17, 15) is 0 Å². The van der Waals surface area contributed by atoms with E-state index in [1.54, 1.807) is 18.4 Å². The molecule has 72 valence electrons. The van der Waals surface area contributed by atoms with Crippen molar-refractivity contribution in [2.24, 2.45) is 11.7 Å². The molecule has 0 aromatic carbocycles. The summed E-state index contributed by atoms with van der Waals surface area (Å²) in [6.45, 7) is 0. The summed E-state index contributed by atoms with van der Waals surface area (Å²) in [5.74, 6) is 1.83. The van der Waals surface area contributed by atoms with Crippen LogP contribution in [0.4, 0.5) is 0 Å². The van der Waals surface area contributed by atoms with E-state index < -0.39 is 0 Å². The lowest BCUT2D eigenvalue weighted by Crippen LogP contribution is -2.08. The van der Waals surface area contributed by atoms with E-state index in [2.05, 4.69) is 6.07 Å². The van der Waals surface area contributed by atoms with Gasteiger partial charge in [-0.05, 0) is 18.4 Å². The molecule has 2 rings (SSSR count). The second-order valence-corrected chi connectivity index (χ2v) is 4.62. The summed E-state index contributed by atoms with van der Waals surface area (Å²) in [7, 11) is 1.69. The molecule has 0 saturated heterocycles. The number of nitrogens with two attached hydrogens (primary N) is 1. The van der Waals surface area contributed by atoms with Crippen molar-refractivity contribution >= 4 is 11.3 Å². The van der Waals surface area contributed by atoms with Gasteiger partial charge in [0.1, 0.15) is 5.75 Å². The lowest BCUT2D eigenvalue weighted by Gasteiger charge is -2.07. The molecule has 1 atom stereocenters. The van der Waals surface area contributed by atoms with Gasteiger partial charge < -0.3 is 10.5 Å². The summed E-state index contributed by atoms with van der Waals surface area (Å²) >= 11 is 1.70. The molecule has 1 saturated carbocycles. The van der Waals surface area contributed by atoms with Gasteiger partial charge in [-0.1, -0.05) is 12.8 Å². The van der Waals surface area contributed by atoms with Crippen LogP contribution in [0.15, 0.2) is 11.4 Å². The van der Waals surface area contributed by atoms with Gasteiger partial charge in [0.15, 0.2) is 0 Å². The van der Waals surface area contributed by atoms with Crippen molar-refractivity contribution in [3.05, 3.63) is 16.3 Å². The Morgan fingerprint density at radius 2 is 2.46 bits per heavy atom. The smallest absolute Gasteiger partial charge is 0.129 e. The van der Waals surface area contributed by atoms with E-state index >= 15 is 0 Å². The summed E-state index contributed by atoms with van der Waals surface area (Å²) in [5.41, 5.74) is 6.06. The Balaban J connectivity index is 1.96. The highest BCUT2D eigenvalue weighted by molar-refractivity contribution is 7.10. The first-order valence-corrected chi connectivity index (χ1v) is 5.55. The van der Waals surface area contributed by atoms with E-state index in [1.165, 1.54) is 17.7 Å². The Morgan fingerprint density at radius 3 is 3.00 bits per heavy atom. The summed E-state index contributed by atoms with van der Waals surface area (Å²) in [6.07, 6.45) is 3.89. The van der Waals surface area contributed by atoms with Gasteiger partial charge in [0.25, 0.3) is 0 Å². The van der Waals surface area contributed by atoms with Gasteiger partial charge in [-0.2, -0.15) is 0 Å². The maximum absolute atomic E-state index is 6.06. The summed E-state index contributed by atoms with van der Waals surface area (Å²) in [4.78, 5) is 1.25. The number of methoxy groups -OCH3 is 1. The highest BCUT2D eigenvalue weighted by Crippen LogP contribution is 2.38. The zero-order valence-electron chi connectivity index (χ0n) is 7.82.